The molecule has 0 fully saturated rings. The van der Waals surface area contributed by atoms with Crippen LogP contribution in [0.5, 0.6) is 11.5 Å². The summed E-state index contributed by atoms with van der Waals surface area (Å²) in [6.45, 7) is 5.70. The van der Waals surface area contributed by atoms with Gasteiger partial charge in [0.05, 0.1) is 18.3 Å². The molecule has 35 heavy (non-hydrogen) atoms. The van der Waals surface area contributed by atoms with Crippen molar-refractivity contribution in [2.75, 3.05) is 19.7 Å². The predicted octanol–water partition coefficient (Wildman–Crippen LogP) is 4.50. The maximum Gasteiger partial charge on any atom is 0.335 e. The van der Waals surface area contributed by atoms with Crippen molar-refractivity contribution in [2.24, 2.45) is 5.92 Å². The van der Waals surface area contributed by atoms with Crippen molar-refractivity contribution in [2.45, 2.75) is 38.9 Å². The van der Waals surface area contributed by atoms with Gasteiger partial charge in [-0.3, -0.25) is 4.98 Å². The van der Waals surface area contributed by atoms with Crippen LogP contribution in [0.25, 0.3) is 11.1 Å². The summed E-state index contributed by atoms with van der Waals surface area (Å²) in [5.74, 6) is 0.776. The molecule has 0 amide bonds. The van der Waals surface area contributed by atoms with E-state index in [9.17, 15) is 15.0 Å². The van der Waals surface area contributed by atoms with Crippen LogP contribution < -0.4 is 14.8 Å². The van der Waals surface area contributed by atoms with E-state index in [1.165, 1.54) is 0 Å². The van der Waals surface area contributed by atoms with E-state index >= 15 is 0 Å². The average Bonchev–Trinajstić information content (AvgIpc) is 2.87. The van der Waals surface area contributed by atoms with Gasteiger partial charge < -0.3 is 25.0 Å². The number of carboxylic acids is 1. The molecule has 0 saturated carbocycles. The number of aliphatic hydroxyl groups is 1. The Bertz CT molecular complexity index is 1150. The number of pyridine rings is 1. The number of rotatable bonds is 10. The van der Waals surface area contributed by atoms with Gasteiger partial charge in [-0.25, -0.2) is 4.79 Å². The molecule has 1 aromatic heterocycles. The number of hydrogen-bond acceptors (Lipinski definition) is 6. The number of aromatic carboxylic acids is 1. The van der Waals surface area contributed by atoms with Gasteiger partial charge in [0.1, 0.15) is 17.6 Å². The Balaban J connectivity index is 1.42. The molecule has 2 heterocycles. The molecular formula is C28H32N2O5. The van der Waals surface area contributed by atoms with Crippen molar-refractivity contribution in [3.8, 4) is 22.6 Å². The largest absolute Gasteiger partial charge is 0.493 e. The van der Waals surface area contributed by atoms with Gasteiger partial charge >= 0.3 is 5.97 Å². The van der Waals surface area contributed by atoms with Crippen molar-refractivity contribution in [3.05, 3.63) is 77.6 Å². The Morgan fingerprint density at radius 2 is 2.09 bits per heavy atom. The number of hydrogen-bond donors (Lipinski definition) is 3. The van der Waals surface area contributed by atoms with Crippen molar-refractivity contribution in [1.82, 2.24) is 10.3 Å². The zero-order chi connectivity index (χ0) is 24.8. The third-order valence-electron chi connectivity index (χ3n) is 5.98. The zero-order valence-corrected chi connectivity index (χ0v) is 20.1. The number of aliphatic hydroxyl groups excluding tert-OH is 1. The quantitative estimate of drug-likeness (QED) is 0.396. The molecule has 2 aromatic carbocycles. The lowest BCUT2D eigenvalue weighted by atomic mass is 9.96. The first kappa shape index (κ1) is 24.7. The lowest BCUT2D eigenvalue weighted by molar-refractivity contribution is 0.0696. The monoisotopic (exact) mass is 476 g/mol. The van der Waals surface area contributed by atoms with Gasteiger partial charge in [-0.15, -0.1) is 0 Å². The normalized spacial score (nSPS) is 15.8. The fourth-order valence-corrected chi connectivity index (χ4v) is 4.10. The van der Waals surface area contributed by atoms with Crippen molar-refractivity contribution in [1.29, 1.82) is 0 Å². The number of benzene rings is 2. The molecule has 3 N–H and O–H groups in total. The number of fused-ring (bicyclic) bond motifs is 1. The third kappa shape index (κ3) is 6.38. The van der Waals surface area contributed by atoms with Gasteiger partial charge in [0.15, 0.2) is 0 Å². The minimum Gasteiger partial charge on any atom is -0.493 e. The van der Waals surface area contributed by atoms with Crippen molar-refractivity contribution >= 4 is 5.97 Å². The molecule has 0 spiro atoms. The lowest BCUT2D eigenvalue weighted by Gasteiger charge is -2.27. The molecule has 7 heteroatoms. The zero-order valence-electron chi connectivity index (χ0n) is 20.1. The second kappa shape index (κ2) is 11.3. The van der Waals surface area contributed by atoms with Crippen LogP contribution in [0.3, 0.4) is 0 Å². The van der Waals surface area contributed by atoms with E-state index in [-0.39, 0.29) is 11.7 Å². The van der Waals surface area contributed by atoms with Crippen LogP contribution in [0.2, 0.25) is 0 Å². The molecule has 0 bridgehead atoms. The SMILES string of the molecule is CC(C)COc1cc(C(=O)O)ccc1-c1ccc2c(c1)CC[C@H](CNC[C@@H](O)c1cccnc1)O2. The highest BCUT2D eigenvalue weighted by atomic mass is 16.5. The summed E-state index contributed by atoms with van der Waals surface area (Å²) in [6, 6.07) is 14.7. The van der Waals surface area contributed by atoms with Gasteiger partial charge in [-0.05, 0) is 66.3 Å². The molecule has 0 aliphatic carbocycles. The van der Waals surface area contributed by atoms with Crippen LogP contribution in [0, 0.1) is 5.92 Å². The standard InChI is InChI=1S/C28H32N2O5/c1-18(2)17-34-27-13-21(28(32)33)6-9-24(27)19-7-10-26-20(12-19)5-8-23(35-26)15-30-16-25(31)22-4-3-11-29-14-22/h3-4,6-7,9-14,18,23,25,30-31H,5,8,15-17H2,1-2H3,(H,32,33)/t23-,25-/m1/s1. The van der Waals surface area contributed by atoms with Crippen LogP contribution in [-0.2, 0) is 6.42 Å². The fourth-order valence-electron chi connectivity index (χ4n) is 4.10. The van der Waals surface area contributed by atoms with Gasteiger partial charge in [0.25, 0.3) is 0 Å². The minimum absolute atomic E-state index is 0.0224. The van der Waals surface area contributed by atoms with Gasteiger partial charge in [-0.1, -0.05) is 26.0 Å². The minimum atomic E-state index is -0.975. The molecule has 2 atom stereocenters. The number of aromatic nitrogens is 1. The summed E-state index contributed by atoms with van der Waals surface area (Å²) in [6.07, 6.45) is 4.51. The average molecular weight is 477 g/mol. The Morgan fingerprint density at radius 1 is 1.23 bits per heavy atom. The second-order valence-corrected chi connectivity index (χ2v) is 9.28. The number of aryl methyl sites for hydroxylation is 1. The van der Waals surface area contributed by atoms with Crippen molar-refractivity contribution < 1.29 is 24.5 Å². The summed E-state index contributed by atoms with van der Waals surface area (Å²) in [5.41, 5.74) is 3.95. The highest BCUT2D eigenvalue weighted by Crippen LogP contribution is 2.36. The summed E-state index contributed by atoms with van der Waals surface area (Å²) < 4.78 is 12.2. The Morgan fingerprint density at radius 3 is 2.83 bits per heavy atom. The van der Waals surface area contributed by atoms with Crippen molar-refractivity contribution in [3.63, 3.8) is 0 Å². The van der Waals surface area contributed by atoms with E-state index in [1.54, 1.807) is 24.5 Å². The predicted molar refractivity (Wildman–Crippen MR) is 134 cm³/mol. The number of nitrogens with zero attached hydrogens (tertiary/aromatic N) is 1. The molecule has 1 aliphatic heterocycles. The van der Waals surface area contributed by atoms with Gasteiger partial charge in [-0.2, -0.15) is 0 Å². The van der Waals surface area contributed by atoms with E-state index in [0.29, 0.717) is 31.4 Å². The van der Waals surface area contributed by atoms with Crippen LogP contribution in [-0.4, -0.2) is 47.0 Å². The van der Waals surface area contributed by atoms with E-state index in [1.807, 2.05) is 30.3 Å². The van der Waals surface area contributed by atoms with E-state index in [2.05, 4.69) is 30.2 Å². The Kier molecular flexibility index (Phi) is 8.00. The molecule has 0 radical (unpaired) electrons. The molecule has 3 aromatic rings. The Hall–Kier alpha value is -3.42. The summed E-state index contributed by atoms with van der Waals surface area (Å²) in [5, 5.41) is 23.0. The second-order valence-electron chi connectivity index (χ2n) is 9.28. The lowest BCUT2D eigenvalue weighted by Crippen LogP contribution is -2.36. The molecule has 184 valence electrons. The highest BCUT2D eigenvalue weighted by molar-refractivity contribution is 5.89. The van der Waals surface area contributed by atoms with Gasteiger partial charge in [0.2, 0.25) is 0 Å². The molecule has 7 nitrogen and oxygen atoms in total. The number of carbonyl (C=O) groups is 1. The van der Waals surface area contributed by atoms with E-state index in [4.69, 9.17) is 9.47 Å². The fraction of sp³-hybridized carbons (Fsp3) is 0.357. The van der Waals surface area contributed by atoms with Crippen LogP contribution in [0.4, 0.5) is 0 Å². The van der Waals surface area contributed by atoms with Crippen LogP contribution in [0.15, 0.2) is 60.9 Å². The van der Waals surface area contributed by atoms with Crippen LogP contribution in [0.1, 0.15) is 47.9 Å². The first-order valence-electron chi connectivity index (χ1n) is 12.0. The summed E-state index contributed by atoms with van der Waals surface area (Å²) in [4.78, 5) is 15.5. The topological polar surface area (TPSA) is 101 Å². The smallest absolute Gasteiger partial charge is 0.335 e. The number of nitrogens with one attached hydrogen (secondary N) is 1. The van der Waals surface area contributed by atoms with Gasteiger partial charge in [0, 0.05) is 36.6 Å². The maximum absolute atomic E-state index is 11.5. The highest BCUT2D eigenvalue weighted by Gasteiger charge is 2.21. The molecule has 0 unspecified atom stereocenters. The molecular weight excluding hydrogens is 444 g/mol. The molecule has 1 aliphatic rings. The van der Waals surface area contributed by atoms with Crippen LogP contribution >= 0.6 is 0 Å². The molecule has 0 saturated heterocycles. The first-order valence-corrected chi connectivity index (χ1v) is 12.0. The van der Waals surface area contributed by atoms with E-state index < -0.39 is 12.1 Å². The number of ether oxygens (including phenoxy) is 2. The molecule has 4 rings (SSSR count). The first-order chi connectivity index (χ1) is 16.9. The van der Waals surface area contributed by atoms with E-state index in [0.717, 1.165) is 40.8 Å². The Labute approximate surface area is 205 Å². The maximum atomic E-state index is 11.5. The summed E-state index contributed by atoms with van der Waals surface area (Å²) >= 11 is 0. The summed E-state index contributed by atoms with van der Waals surface area (Å²) in [7, 11) is 0. The number of carboxylic acid groups (broad SMARTS) is 1. The third-order valence-corrected chi connectivity index (χ3v) is 5.98.